The van der Waals surface area contributed by atoms with Gasteiger partial charge in [-0.05, 0) is 29.8 Å². The number of methoxy groups -OCH3 is 1. The Morgan fingerprint density at radius 3 is 2.54 bits per heavy atom. The summed E-state index contributed by atoms with van der Waals surface area (Å²) in [5.41, 5.74) is 1.73. The van der Waals surface area contributed by atoms with Crippen LogP contribution in [-0.2, 0) is 9.59 Å². The molecule has 1 saturated heterocycles. The Labute approximate surface area is 209 Å². The lowest BCUT2D eigenvalue weighted by atomic mass is 10.1. The van der Waals surface area contributed by atoms with Gasteiger partial charge < -0.3 is 15.4 Å². The van der Waals surface area contributed by atoms with E-state index in [1.807, 2.05) is 12.1 Å². The topological polar surface area (TPSA) is 109 Å². The highest BCUT2D eigenvalue weighted by molar-refractivity contribution is 5.95. The van der Waals surface area contributed by atoms with Crippen molar-refractivity contribution in [2.75, 3.05) is 38.6 Å². The number of carbonyl (C=O) groups is 2. The van der Waals surface area contributed by atoms with E-state index < -0.39 is 24.3 Å². The molecular formula is C24H24F4N6O3. The summed E-state index contributed by atoms with van der Waals surface area (Å²) >= 11 is 0. The first-order valence-corrected chi connectivity index (χ1v) is 11.1. The first-order valence-electron chi connectivity index (χ1n) is 11.1. The molecule has 37 heavy (non-hydrogen) atoms. The van der Waals surface area contributed by atoms with Crippen LogP contribution < -0.4 is 15.4 Å². The number of halogens is 4. The van der Waals surface area contributed by atoms with E-state index in [4.69, 9.17) is 9.53 Å². The number of nitrogens with zero attached hydrogens (tertiary/aromatic N) is 4. The maximum atomic E-state index is 13.8. The monoisotopic (exact) mass is 520 g/mol. The number of rotatable bonds is 6. The van der Waals surface area contributed by atoms with E-state index in [0.29, 0.717) is 22.8 Å². The highest BCUT2D eigenvalue weighted by Crippen LogP contribution is 2.30. The van der Waals surface area contributed by atoms with Crippen LogP contribution in [0.1, 0.15) is 11.6 Å². The Morgan fingerprint density at radius 1 is 1.19 bits per heavy atom. The molecule has 2 aromatic heterocycles. The number of anilines is 1. The number of pyridine rings is 1. The Bertz CT molecular complexity index is 1190. The van der Waals surface area contributed by atoms with Crippen LogP contribution in [0.15, 0.2) is 55.1 Å². The number of alkyl halides is 3. The molecule has 1 unspecified atom stereocenters. The van der Waals surface area contributed by atoms with E-state index in [0.717, 1.165) is 31.7 Å². The molecule has 1 atom stereocenters. The van der Waals surface area contributed by atoms with E-state index in [-0.39, 0.29) is 5.91 Å². The first-order chi connectivity index (χ1) is 17.7. The smallest absolute Gasteiger partial charge is 0.446 e. The number of benzene rings is 1. The average molecular weight is 520 g/mol. The molecule has 196 valence electrons. The lowest BCUT2D eigenvalue weighted by Gasteiger charge is -2.34. The van der Waals surface area contributed by atoms with Crippen LogP contribution >= 0.6 is 0 Å². The minimum Gasteiger partial charge on any atom is -0.496 e. The summed E-state index contributed by atoms with van der Waals surface area (Å²) in [4.78, 5) is 36.7. The van der Waals surface area contributed by atoms with Crippen molar-refractivity contribution in [3.63, 3.8) is 0 Å². The van der Waals surface area contributed by atoms with Gasteiger partial charge in [-0.3, -0.25) is 19.5 Å². The first kappa shape index (κ1) is 27.6. The molecule has 3 aromatic rings. The molecule has 0 spiro atoms. The fourth-order valence-electron chi connectivity index (χ4n) is 3.65. The van der Waals surface area contributed by atoms with Crippen LogP contribution in [0.3, 0.4) is 0 Å². The molecule has 4 rings (SSSR count). The number of nitrogens with one attached hydrogen (secondary N) is 2. The van der Waals surface area contributed by atoms with Crippen LogP contribution in [0, 0.1) is 5.82 Å². The Balaban J connectivity index is 0.000000568. The number of hydrogen-bond acceptors (Lipinski definition) is 8. The van der Waals surface area contributed by atoms with Gasteiger partial charge in [0.15, 0.2) is 0 Å². The zero-order chi connectivity index (χ0) is 26.8. The molecule has 0 aliphatic carbocycles. The van der Waals surface area contributed by atoms with Crippen LogP contribution in [0.4, 0.5) is 23.4 Å². The molecule has 13 heteroatoms. The van der Waals surface area contributed by atoms with Crippen molar-refractivity contribution in [1.29, 1.82) is 0 Å². The Morgan fingerprint density at radius 2 is 1.92 bits per heavy atom. The second-order valence-corrected chi connectivity index (χ2v) is 7.76. The van der Waals surface area contributed by atoms with Crippen molar-refractivity contribution in [1.82, 2.24) is 25.2 Å². The van der Waals surface area contributed by atoms with Gasteiger partial charge in [0.25, 0.3) is 0 Å². The molecule has 1 fully saturated rings. The molecule has 0 radical (unpaired) electrons. The zero-order valence-electron chi connectivity index (χ0n) is 19.7. The number of piperazine rings is 1. The SMILES string of the molecule is COc1ccc(F)cc1-c1cc(NC(=O)C(c2cccnc2)N2CCNCC2)ncn1.O=CC(F)(F)F. The number of ether oxygens (including phenoxy) is 1. The maximum absolute atomic E-state index is 13.8. The van der Waals surface area contributed by atoms with Gasteiger partial charge in [-0.2, -0.15) is 13.2 Å². The van der Waals surface area contributed by atoms with Gasteiger partial charge >= 0.3 is 6.18 Å². The van der Waals surface area contributed by atoms with Gasteiger partial charge in [0.2, 0.25) is 12.2 Å². The summed E-state index contributed by atoms with van der Waals surface area (Å²) in [6, 6.07) is 9.00. The third-order valence-corrected chi connectivity index (χ3v) is 5.25. The largest absolute Gasteiger partial charge is 0.496 e. The summed E-state index contributed by atoms with van der Waals surface area (Å²) in [7, 11) is 1.51. The lowest BCUT2D eigenvalue weighted by Crippen LogP contribution is -2.48. The Kier molecular flexibility index (Phi) is 9.57. The quantitative estimate of drug-likeness (QED) is 0.377. The standard InChI is InChI=1S/C22H23FN6O2.C2HF3O/c1-31-19-5-4-16(23)11-17(19)18-12-20(27-14-26-18)28-22(30)21(15-3-2-6-25-13-15)29-9-7-24-8-10-29;3-2(4,5)1-6/h2-6,11-14,21,24H,7-10H2,1H3,(H,26,27,28,30);1H. The van der Waals surface area contributed by atoms with E-state index in [9.17, 15) is 22.4 Å². The van der Waals surface area contributed by atoms with E-state index in [1.54, 1.807) is 18.5 Å². The molecule has 1 aromatic carbocycles. The molecule has 2 N–H and O–H groups in total. The molecule has 0 bridgehead atoms. The van der Waals surface area contributed by atoms with Gasteiger partial charge in [-0.1, -0.05) is 6.07 Å². The third kappa shape index (κ3) is 8.02. The van der Waals surface area contributed by atoms with Crippen molar-refractivity contribution in [2.24, 2.45) is 0 Å². The summed E-state index contributed by atoms with van der Waals surface area (Å²) in [6.07, 6.45) is -0.985. The zero-order valence-corrected chi connectivity index (χ0v) is 19.7. The number of aromatic nitrogens is 3. The van der Waals surface area contributed by atoms with Crippen molar-refractivity contribution < 1.29 is 31.9 Å². The summed E-state index contributed by atoms with van der Waals surface area (Å²) < 4.78 is 50.4. The molecule has 3 heterocycles. The summed E-state index contributed by atoms with van der Waals surface area (Å²) in [6.45, 7) is 3.09. The van der Waals surface area contributed by atoms with E-state index >= 15 is 0 Å². The van der Waals surface area contributed by atoms with Crippen LogP contribution in [0.2, 0.25) is 0 Å². The van der Waals surface area contributed by atoms with Crippen LogP contribution in [-0.4, -0.2) is 71.5 Å². The van der Waals surface area contributed by atoms with Crippen LogP contribution in [0.25, 0.3) is 11.3 Å². The maximum Gasteiger partial charge on any atom is 0.446 e. The van der Waals surface area contributed by atoms with Crippen molar-refractivity contribution in [3.05, 3.63) is 66.5 Å². The number of carbonyl (C=O) groups excluding carboxylic acids is 2. The van der Waals surface area contributed by atoms with Crippen molar-refractivity contribution in [3.8, 4) is 17.0 Å². The fourth-order valence-corrected chi connectivity index (χ4v) is 3.65. The fraction of sp³-hybridized carbons (Fsp3) is 0.292. The number of amides is 1. The molecule has 0 saturated carbocycles. The number of hydrogen-bond donors (Lipinski definition) is 2. The second-order valence-electron chi connectivity index (χ2n) is 7.76. The molecule has 1 aliphatic heterocycles. The van der Waals surface area contributed by atoms with Crippen LogP contribution in [0.5, 0.6) is 5.75 Å². The highest BCUT2D eigenvalue weighted by atomic mass is 19.4. The van der Waals surface area contributed by atoms with Gasteiger partial charge in [0.1, 0.15) is 29.8 Å². The van der Waals surface area contributed by atoms with E-state index in [2.05, 4.69) is 30.5 Å². The van der Waals surface area contributed by atoms with E-state index in [1.165, 1.54) is 31.6 Å². The summed E-state index contributed by atoms with van der Waals surface area (Å²) in [5, 5.41) is 6.18. The molecule has 9 nitrogen and oxygen atoms in total. The average Bonchev–Trinajstić information content (AvgIpc) is 2.90. The minimum atomic E-state index is -4.64. The van der Waals surface area contributed by atoms with Gasteiger partial charge in [0, 0.05) is 50.2 Å². The third-order valence-electron chi connectivity index (χ3n) is 5.25. The minimum absolute atomic E-state index is 0.217. The summed E-state index contributed by atoms with van der Waals surface area (Å²) in [5.74, 6) is 0.179. The Hall–Kier alpha value is -3.97. The molecule has 1 amide bonds. The highest BCUT2D eigenvalue weighted by Gasteiger charge is 2.29. The lowest BCUT2D eigenvalue weighted by molar-refractivity contribution is -0.156. The number of aldehydes is 1. The van der Waals surface area contributed by atoms with Gasteiger partial charge in [0.05, 0.1) is 12.8 Å². The van der Waals surface area contributed by atoms with Gasteiger partial charge in [-0.25, -0.2) is 14.4 Å². The normalized spacial score (nSPS) is 14.6. The van der Waals surface area contributed by atoms with Gasteiger partial charge in [-0.15, -0.1) is 0 Å². The van der Waals surface area contributed by atoms with Crippen molar-refractivity contribution in [2.45, 2.75) is 12.2 Å². The predicted molar refractivity (Wildman–Crippen MR) is 126 cm³/mol. The second kappa shape index (κ2) is 12.8. The molecular weight excluding hydrogens is 496 g/mol. The van der Waals surface area contributed by atoms with Crippen molar-refractivity contribution >= 4 is 18.0 Å². The predicted octanol–water partition coefficient (Wildman–Crippen LogP) is 3.02. The molecule has 1 aliphatic rings.